The number of hydrogen-bond acceptors (Lipinski definition) is 1. The smallest absolute Gasteiger partial charge is 0.0490 e. The Balaban J connectivity index is 1.90. The average Bonchev–Trinajstić information content (AvgIpc) is 3.07. The summed E-state index contributed by atoms with van der Waals surface area (Å²) in [6, 6.07) is 31.7. The number of thiophene rings is 1. The molecule has 0 aliphatic carbocycles. The van der Waals surface area contributed by atoms with Crippen LogP contribution in [0.3, 0.4) is 0 Å². The lowest BCUT2D eigenvalue weighted by molar-refractivity contribution is 1.60. The van der Waals surface area contributed by atoms with Crippen LogP contribution >= 0.6 is 22.9 Å². The van der Waals surface area contributed by atoms with Crippen LogP contribution in [0.25, 0.3) is 42.4 Å². The van der Waals surface area contributed by atoms with Crippen molar-refractivity contribution in [3.8, 4) is 22.3 Å². The summed E-state index contributed by atoms with van der Waals surface area (Å²) < 4.78 is 2.60. The van der Waals surface area contributed by atoms with E-state index in [0.29, 0.717) is 0 Å². The van der Waals surface area contributed by atoms with E-state index in [-0.39, 0.29) is 0 Å². The predicted molar refractivity (Wildman–Crippen MR) is 115 cm³/mol. The molecule has 0 nitrogen and oxygen atoms in total. The fourth-order valence-corrected chi connectivity index (χ4v) is 5.05. The summed E-state index contributed by atoms with van der Waals surface area (Å²) in [5, 5.41) is 3.37. The second-order valence-electron chi connectivity index (χ2n) is 6.31. The molecule has 4 aromatic carbocycles. The van der Waals surface area contributed by atoms with Gasteiger partial charge in [-0.1, -0.05) is 84.4 Å². The Kier molecular flexibility index (Phi) is 3.77. The number of rotatable bonds is 2. The highest BCUT2D eigenvalue weighted by atomic mass is 35.5. The molecule has 2 heteroatoms. The average molecular weight is 371 g/mol. The van der Waals surface area contributed by atoms with Crippen molar-refractivity contribution in [1.82, 2.24) is 0 Å². The van der Waals surface area contributed by atoms with E-state index in [4.69, 9.17) is 11.6 Å². The monoisotopic (exact) mass is 370 g/mol. The normalized spacial score (nSPS) is 11.3. The maximum Gasteiger partial charge on any atom is 0.0490 e. The summed E-state index contributed by atoms with van der Waals surface area (Å²) >= 11 is 8.57. The molecular weight excluding hydrogens is 356 g/mol. The summed E-state index contributed by atoms with van der Waals surface area (Å²) in [5.41, 5.74) is 4.65. The minimum Gasteiger partial charge on any atom is -0.135 e. The van der Waals surface area contributed by atoms with E-state index in [2.05, 4.69) is 72.8 Å². The van der Waals surface area contributed by atoms with Gasteiger partial charge in [0.15, 0.2) is 0 Å². The Bertz CT molecular complexity index is 1240. The zero-order valence-electron chi connectivity index (χ0n) is 13.9. The quantitative estimate of drug-likeness (QED) is 0.295. The van der Waals surface area contributed by atoms with Gasteiger partial charge in [-0.05, 0) is 34.9 Å². The maximum absolute atomic E-state index is 6.74. The fraction of sp³-hybridized carbons (Fsp3) is 0. The minimum absolute atomic E-state index is 0.786. The van der Waals surface area contributed by atoms with Crippen molar-refractivity contribution < 1.29 is 0 Å². The van der Waals surface area contributed by atoms with Crippen LogP contribution < -0.4 is 0 Å². The molecule has 0 bridgehead atoms. The van der Waals surface area contributed by atoms with Crippen molar-refractivity contribution in [3.63, 3.8) is 0 Å². The highest BCUT2D eigenvalue weighted by Gasteiger charge is 2.16. The minimum atomic E-state index is 0.786. The van der Waals surface area contributed by atoms with E-state index < -0.39 is 0 Å². The Morgan fingerprint density at radius 3 is 2.15 bits per heavy atom. The van der Waals surface area contributed by atoms with Crippen molar-refractivity contribution >= 4 is 43.1 Å². The van der Waals surface area contributed by atoms with Gasteiger partial charge in [-0.25, -0.2) is 0 Å². The third kappa shape index (κ3) is 2.44. The van der Waals surface area contributed by atoms with Crippen LogP contribution in [-0.2, 0) is 0 Å². The number of benzene rings is 4. The molecule has 124 valence electrons. The van der Waals surface area contributed by atoms with Crippen LogP contribution in [0.4, 0.5) is 0 Å². The molecule has 26 heavy (non-hydrogen) atoms. The molecule has 5 rings (SSSR count). The van der Waals surface area contributed by atoms with Gasteiger partial charge >= 0.3 is 0 Å². The van der Waals surface area contributed by atoms with Crippen molar-refractivity contribution in [3.05, 3.63) is 96.0 Å². The number of halogens is 1. The first kappa shape index (κ1) is 15.6. The van der Waals surface area contributed by atoms with Crippen LogP contribution in [0.5, 0.6) is 0 Å². The van der Waals surface area contributed by atoms with Gasteiger partial charge in [0.05, 0.1) is 0 Å². The molecule has 5 aromatic rings. The highest BCUT2D eigenvalue weighted by molar-refractivity contribution is 7.25. The molecule has 0 unspecified atom stereocenters. The van der Waals surface area contributed by atoms with E-state index in [0.717, 1.165) is 10.6 Å². The molecule has 0 amide bonds. The summed E-state index contributed by atoms with van der Waals surface area (Å²) in [6.07, 6.45) is 0. The fourth-order valence-electron chi connectivity index (χ4n) is 3.64. The number of hydrogen-bond donors (Lipinski definition) is 0. The lowest BCUT2D eigenvalue weighted by atomic mass is 9.92. The first-order valence-electron chi connectivity index (χ1n) is 8.57. The molecule has 1 heterocycles. The zero-order chi connectivity index (χ0) is 17.5. The SMILES string of the molecule is Clc1cccc(-c2ccccc2)c1-c1cccc2sc3ccccc3c12. The van der Waals surface area contributed by atoms with Gasteiger partial charge in [0.1, 0.15) is 0 Å². The van der Waals surface area contributed by atoms with E-state index in [1.54, 1.807) is 0 Å². The van der Waals surface area contributed by atoms with E-state index in [1.807, 2.05) is 29.5 Å². The van der Waals surface area contributed by atoms with E-state index >= 15 is 0 Å². The van der Waals surface area contributed by atoms with E-state index in [9.17, 15) is 0 Å². The van der Waals surface area contributed by atoms with Gasteiger partial charge in [-0.3, -0.25) is 0 Å². The first-order chi connectivity index (χ1) is 12.8. The second kappa shape index (κ2) is 6.28. The molecule has 0 saturated carbocycles. The lowest BCUT2D eigenvalue weighted by Gasteiger charge is -2.14. The third-order valence-electron chi connectivity index (χ3n) is 4.77. The topological polar surface area (TPSA) is 0 Å². The van der Waals surface area contributed by atoms with Gasteiger partial charge in [0.2, 0.25) is 0 Å². The molecule has 0 spiro atoms. The molecule has 0 aliphatic rings. The van der Waals surface area contributed by atoms with Crippen molar-refractivity contribution in [1.29, 1.82) is 0 Å². The molecule has 0 radical (unpaired) electrons. The second-order valence-corrected chi connectivity index (χ2v) is 7.80. The lowest BCUT2D eigenvalue weighted by Crippen LogP contribution is -1.87. The Morgan fingerprint density at radius 2 is 1.27 bits per heavy atom. The summed E-state index contributed by atoms with van der Waals surface area (Å²) in [4.78, 5) is 0. The molecule has 0 fully saturated rings. The van der Waals surface area contributed by atoms with Gasteiger partial charge in [-0.15, -0.1) is 11.3 Å². The van der Waals surface area contributed by atoms with Gasteiger partial charge in [0.25, 0.3) is 0 Å². The van der Waals surface area contributed by atoms with Crippen molar-refractivity contribution in [2.45, 2.75) is 0 Å². The highest BCUT2D eigenvalue weighted by Crippen LogP contribution is 2.45. The Hall–Kier alpha value is -2.61. The number of fused-ring (bicyclic) bond motifs is 3. The first-order valence-corrected chi connectivity index (χ1v) is 9.77. The standard InChI is InChI=1S/C24H15ClS/c25-20-13-6-11-17(16-8-2-1-3-9-16)23(20)19-12-7-15-22-24(19)18-10-4-5-14-21(18)26-22/h1-15H. The molecule has 0 aliphatic heterocycles. The third-order valence-corrected chi connectivity index (χ3v) is 6.22. The van der Waals surface area contributed by atoms with Crippen LogP contribution in [0.15, 0.2) is 91.0 Å². The maximum atomic E-state index is 6.74. The van der Waals surface area contributed by atoms with Crippen LogP contribution in [0.2, 0.25) is 5.02 Å². The summed E-state index contributed by atoms with van der Waals surface area (Å²) in [5.74, 6) is 0. The van der Waals surface area contributed by atoms with Crippen molar-refractivity contribution in [2.75, 3.05) is 0 Å². The van der Waals surface area contributed by atoms with Crippen molar-refractivity contribution in [2.24, 2.45) is 0 Å². The van der Waals surface area contributed by atoms with Gasteiger partial charge < -0.3 is 0 Å². The zero-order valence-corrected chi connectivity index (χ0v) is 15.5. The van der Waals surface area contributed by atoms with Crippen LogP contribution in [0.1, 0.15) is 0 Å². The molecule has 0 saturated heterocycles. The largest absolute Gasteiger partial charge is 0.135 e. The van der Waals surface area contributed by atoms with Crippen LogP contribution in [-0.4, -0.2) is 0 Å². The Morgan fingerprint density at radius 1 is 0.577 bits per heavy atom. The van der Waals surface area contributed by atoms with E-state index in [1.165, 1.54) is 36.9 Å². The predicted octanol–water partition coefficient (Wildman–Crippen LogP) is 8.04. The Labute approximate surface area is 161 Å². The molecule has 0 atom stereocenters. The summed E-state index contributed by atoms with van der Waals surface area (Å²) in [7, 11) is 0. The summed E-state index contributed by atoms with van der Waals surface area (Å²) in [6.45, 7) is 0. The van der Waals surface area contributed by atoms with Crippen LogP contribution in [0, 0.1) is 0 Å². The van der Waals surface area contributed by atoms with Gasteiger partial charge in [0, 0.05) is 30.8 Å². The molecule has 0 N–H and O–H groups in total. The van der Waals surface area contributed by atoms with Gasteiger partial charge in [-0.2, -0.15) is 0 Å². The molecular formula is C24H15ClS. The molecule has 1 aromatic heterocycles.